The van der Waals surface area contributed by atoms with E-state index in [1.165, 1.54) is 0 Å². The molecule has 0 radical (unpaired) electrons. The van der Waals surface area contributed by atoms with Crippen LogP contribution in [-0.2, 0) is 9.53 Å². The molecule has 0 atom stereocenters. The zero-order valence-electron chi connectivity index (χ0n) is 11.8. The highest BCUT2D eigenvalue weighted by molar-refractivity contribution is 5.97. The van der Waals surface area contributed by atoms with Gasteiger partial charge in [-0.05, 0) is 26.0 Å². The Hall–Kier alpha value is -2.08. The number of para-hydroxylation sites is 1. The predicted octanol–water partition coefficient (Wildman–Crippen LogP) is 1.27. The molecule has 6 heteroatoms. The van der Waals surface area contributed by atoms with Gasteiger partial charge < -0.3 is 9.47 Å². The van der Waals surface area contributed by atoms with Gasteiger partial charge in [-0.15, -0.1) is 0 Å². The third-order valence-electron chi connectivity index (χ3n) is 2.42. The summed E-state index contributed by atoms with van der Waals surface area (Å²) in [6.07, 6.45) is 0.196. The highest BCUT2D eigenvalue weighted by Gasteiger charge is 2.12. The van der Waals surface area contributed by atoms with Gasteiger partial charge in [0.1, 0.15) is 5.75 Å². The van der Waals surface area contributed by atoms with Crippen molar-refractivity contribution >= 4 is 11.8 Å². The van der Waals surface area contributed by atoms with Gasteiger partial charge in [0.25, 0.3) is 5.91 Å². The molecule has 2 N–H and O–H groups in total. The zero-order valence-corrected chi connectivity index (χ0v) is 11.8. The Morgan fingerprint density at radius 3 is 2.55 bits per heavy atom. The summed E-state index contributed by atoms with van der Waals surface area (Å²) in [4.78, 5) is 23.4. The Morgan fingerprint density at radius 1 is 1.10 bits per heavy atom. The molecule has 0 heterocycles. The summed E-state index contributed by atoms with van der Waals surface area (Å²) in [6.45, 7) is 5.04. The van der Waals surface area contributed by atoms with E-state index >= 15 is 0 Å². The van der Waals surface area contributed by atoms with Crippen LogP contribution in [0.3, 0.4) is 0 Å². The number of nitrogens with one attached hydrogen (secondary N) is 2. The Morgan fingerprint density at radius 2 is 1.85 bits per heavy atom. The van der Waals surface area contributed by atoms with Gasteiger partial charge in [-0.2, -0.15) is 0 Å². The second-order valence-corrected chi connectivity index (χ2v) is 3.88. The first-order valence-electron chi connectivity index (χ1n) is 6.57. The number of amides is 2. The van der Waals surface area contributed by atoms with Crippen molar-refractivity contribution in [3.8, 4) is 5.75 Å². The number of ether oxygens (including phenoxy) is 2. The van der Waals surface area contributed by atoms with Gasteiger partial charge in [-0.25, -0.2) is 0 Å². The third-order valence-corrected chi connectivity index (χ3v) is 2.42. The van der Waals surface area contributed by atoms with Crippen LogP contribution in [0.15, 0.2) is 24.3 Å². The number of hydrogen-bond donors (Lipinski definition) is 2. The highest BCUT2D eigenvalue weighted by Crippen LogP contribution is 2.17. The van der Waals surface area contributed by atoms with E-state index in [4.69, 9.17) is 9.47 Å². The SMILES string of the molecule is CCOCCC(=O)NNC(=O)c1ccccc1OCC. The van der Waals surface area contributed by atoms with E-state index in [9.17, 15) is 9.59 Å². The smallest absolute Gasteiger partial charge is 0.273 e. The molecular formula is C14H20N2O4. The molecule has 0 saturated heterocycles. The Balaban J connectivity index is 2.48. The van der Waals surface area contributed by atoms with Crippen LogP contribution in [0, 0.1) is 0 Å². The predicted molar refractivity (Wildman–Crippen MR) is 74.3 cm³/mol. The molecule has 0 aliphatic carbocycles. The first-order valence-corrected chi connectivity index (χ1v) is 6.57. The van der Waals surface area contributed by atoms with E-state index in [-0.39, 0.29) is 12.3 Å². The maximum absolute atomic E-state index is 11.9. The average Bonchev–Trinajstić information content (AvgIpc) is 2.46. The number of carbonyl (C=O) groups excluding carboxylic acids is 2. The molecule has 1 aromatic carbocycles. The summed E-state index contributed by atoms with van der Waals surface area (Å²) in [7, 11) is 0. The van der Waals surface area contributed by atoms with E-state index < -0.39 is 5.91 Å². The minimum atomic E-state index is -0.418. The number of hydrogen-bond acceptors (Lipinski definition) is 4. The summed E-state index contributed by atoms with van der Waals surface area (Å²) in [6, 6.07) is 6.85. The first-order chi connectivity index (χ1) is 9.69. The molecule has 0 aromatic heterocycles. The fourth-order valence-corrected chi connectivity index (χ4v) is 1.50. The number of rotatable bonds is 7. The Kier molecular flexibility index (Phi) is 7.13. The van der Waals surface area contributed by atoms with Crippen LogP contribution in [0.4, 0.5) is 0 Å². The van der Waals surface area contributed by atoms with Crippen LogP contribution >= 0.6 is 0 Å². The first kappa shape index (κ1) is 16.0. The van der Waals surface area contributed by atoms with E-state index in [2.05, 4.69) is 10.9 Å². The topological polar surface area (TPSA) is 76.7 Å². The van der Waals surface area contributed by atoms with Crippen LogP contribution < -0.4 is 15.6 Å². The molecule has 0 aliphatic rings. The number of benzene rings is 1. The summed E-state index contributed by atoms with van der Waals surface area (Å²) >= 11 is 0. The molecule has 2 amide bonds. The van der Waals surface area contributed by atoms with Crippen LogP contribution in [0.2, 0.25) is 0 Å². The molecule has 110 valence electrons. The van der Waals surface area contributed by atoms with Gasteiger partial charge in [0.15, 0.2) is 0 Å². The van der Waals surface area contributed by atoms with Crippen molar-refractivity contribution in [3.63, 3.8) is 0 Å². The molecule has 1 aromatic rings. The minimum absolute atomic E-state index is 0.196. The standard InChI is InChI=1S/C14H20N2O4/c1-3-19-10-9-13(17)15-16-14(18)11-7-5-6-8-12(11)20-4-2/h5-8H,3-4,9-10H2,1-2H3,(H,15,17)(H,16,18). The summed E-state index contributed by atoms with van der Waals surface area (Å²) in [5.41, 5.74) is 5.06. The third kappa shape index (κ3) is 5.27. The van der Waals surface area contributed by atoms with E-state index in [1.54, 1.807) is 24.3 Å². The highest BCUT2D eigenvalue weighted by atomic mass is 16.5. The zero-order chi connectivity index (χ0) is 14.8. The molecule has 0 bridgehead atoms. The average molecular weight is 280 g/mol. The lowest BCUT2D eigenvalue weighted by atomic mass is 10.2. The number of hydrazine groups is 1. The summed E-state index contributed by atoms with van der Waals surface area (Å²) in [5.74, 6) is -0.240. The lowest BCUT2D eigenvalue weighted by Gasteiger charge is -2.11. The minimum Gasteiger partial charge on any atom is -0.493 e. The van der Waals surface area contributed by atoms with Crippen molar-refractivity contribution in [2.24, 2.45) is 0 Å². The molecule has 1 rings (SSSR count). The van der Waals surface area contributed by atoms with Gasteiger partial charge in [0.2, 0.25) is 5.91 Å². The van der Waals surface area contributed by atoms with Crippen LogP contribution in [0.5, 0.6) is 5.75 Å². The maximum atomic E-state index is 11.9. The van der Waals surface area contributed by atoms with Gasteiger partial charge in [0, 0.05) is 6.61 Å². The Bertz CT molecular complexity index is 449. The van der Waals surface area contributed by atoms with Gasteiger partial charge in [0.05, 0.1) is 25.2 Å². The van der Waals surface area contributed by atoms with Crippen LogP contribution in [0.25, 0.3) is 0 Å². The second-order valence-electron chi connectivity index (χ2n) is 3.88. The molecule has 0 aliphatic heterocycles. The van der Waals surface area contributed by atoms with E-state index in [1.807, 2.05) is 13.8 Å². The van der Waals surface area contributed by atoms with Crippen molar-refractivity contribution in [3.05, 3.63) is 29.8 Å². The van der Waals surface area contributed by atoms with Gasteiger partial charge in [-0.3, -0.25) is 20.4 Å². The van der Waals surface area contributed by atoms with Crippen molar-refractivity contribution < 1.29 is 19.1 Å². The molecule has 0 unspecified atom stereocenters. The van der Waals surface area contributed by atoms with E-state index in [0.29, 0.717) is 31.1 Å². The molecule has 0 fully saturated rings. The van der Waals surface area contributed by atoms with Crippen molar-refractivity contribution in [1.29, 1.82) is 0 Å². The molecule has 6 nitrogen and oxygen atoms in total. The largest absolute Gasteiger partial charge is 0.493 e. The fraction of sp³-hybridized carbons (Fsp3) is 0.429. The Labute approximate surface area is 118 Å². The molecule has 0 saturated carbocycles. The lowest BCUT2D eigenvalue weighted by molar-refractivity contribution is -0.122. The molecule has 0 spiro atoms. The summed E-state index contributed by atoms with van der Waals surface area (Å²) < 4.78 is 10.4. The molecular weight excluding hydrogens is 260 g/mol. The van der Waals surface area contributed by atoms with Gasteiger partial charge >= 0.3 is 0 Å². The van der Waals surface area contributed by atoms with Gasteiger partial charge in [-0.1, -0.05) is 12.1 Å². The van der Waals surface area contributed by atoms with Crippen LogP contribution in [0.1, 0.15) is 30.6 Å². The summed E-state index contributed by atoms with van der Waals surface area (Å²) in [5, 5.41) is 0. The molecule has 20 heavy (non-hydrogen) atoms. The van der Waals surface area contributed by atoms with Crippen molar-refractivity contribution in [1.82, 2.24) is 10.9 Å². The quantitative estimate of drug-likeness (QED) is 0.582. The second kappa shape index (κ2) is 8.92. The normalized spacial score (nSPS) is 9.90. The van der Waals surface area contributed by atoms with Crippen LogP contribution in [-0.4, -0.2) is 31.6 Å². The maximum Gasteiger partial charge on any atom is 0.273 e. The van der Waals surface area contributed by atoms with E-state index in [0.717, 1.165) is 0 Å². The lowest BCUT2D eigenvalue weighted by Crippen LogP contribution is -2.42. The number of carbonyl (C=O) groups is 2. The monoisotopic (exact) mass is 280 g/mol. The van der Waals surface area contributed by atoms with Crippen molar-refractivity contribution in [2.45, 2.75) is 20.3 Å². The van der Waals surface area contributed by atoms with Crippen molar-refractivity contribution in [2.75, 3.05) is 19.8 Å². The fourth-order valence-electron chi connectivity index (χ4n) is 1.50.